The van der Waals surface area contributed by atoms with Crippen molar-refractivity contribution in [2.75, 3.05) is 0 Å². The summed E-state index contributed by atoms with van der Waals surface area (Å²) >= 11 is 5.89. The second kappa shape index (κ2) is 5.54. The first kappa shape index (κ1) is 14.5. The molecule has 0 unspecified atom stereocenters. The van der Waals surface area contributed by atoms with Gasteiger partial charge in [-0.1, -0.05) is 17.7 Å². The van der Waals surface area contributed by atoms with Crippen LogP contribution >= 0.6 is 11.6 Å². The van der Waals surface area contributed by atoms with E-state index >= 15 is 0 Å². The molecule has 2 heterocycles. The van der Waals surface area contributed by atoms with Crippen molar-refractivity contribution in [3.8, 4) is 11.5 Å². The number of fused-ring (bicyclic) bond motifs is 3. The third kappa shape index (κ3) is 2.45. The standard InChI is InChI=1S/C18H11ClN2O3/c19-10-4-6-11(7-5-10)24-16-3-1-2-13-17(16)12-8-14(18(22)23)20-9-15(12)21-13/h1-9,21H,(H,22,23). The van der Waals surface area contributed by atoms with Crippen LogP contribution in [0, 0.1) is 0 Å². The lowest BCUT2D eigenvalue weighted by Crippen LogP contribution is -1.98. The van der Waals surface area contributed by atoms with Gasteiger partial charge in [-0.3, -0.25) is 0 Å². The van der Waals surface area contributed by atoms with Gasteiger partial charge in [-0.2, -0.15) is 0 Å². The molecule has 4 aromatic rings. The summed E-state index contributed by atoms with van der Waals surface area (Å²) in [6.07, 6.45) is 1.52. The number of aromatic carboxylic acids is 1. The maximum Gasteiger partial charge on any atom is 0.354 e. The fourth-order valence-corrected chi connectivity index (χ4v) is 2.78. The molecule has 4 rings (SSSR count). The number of ether oxygens (including phenoxy) is 1. The normalized spacial score (nSPS) is 11.0. The zero-order chi connectivity index (χ0) is 16.7. The van der Waals surface area contributed by atoms with Crippen molar-refractivity contribution in [3.05, 3.63) is 65.4 Å². The number of hydrogen-bond donors (Lipinski definition) is 2. The minimum atomic E-state index is -1.07. The van der Waals surface area contributed by atoms with Crippen molar-refractivity contribution in [3.63, 3.8) is 0 Å². The molecule has 2 aromatic carbocycles. The second-order valence-corrected chi connectivity index (χ2v) is 5.72. The molecule has 0 amide bonds. The van der Waals surface area contributed by atoms with E-state index in [4.69, 9.17) is 21.4 Å². The van der Waals surface area contributed by atoms with Crippen molar-refractivity contribution in [1.82, 2.24) is 9.97 Å². The quantitative estimate of drug-likeness (QED) is 0.559. The summed E-state index contributed by atoms with van der Waals surface area (Å²) in [5.74, 6) is 0.208. The molecule has 2 N–H and O–H groups in total. The molecular formula is C18H11ClN2O3. The lowest BCUT2D eigenvalue weighted by Gasteiger charge is -2.07. The second-order valence-electron chi connectivity index (χ2n) is 5.28. The number of aromatic amines is 1. The van der Waals surface area contributed by atoms with E-state index in [0.717, 1.165) is 21.8 Å². The van der Waals surface area contributed by atoms with Crippen LogP contribution in [-0.2, 0) is 0 Å². The monoisotopic (exact) mass is 338 g/mol. The van der Waals surface area contributed by atoms with Crippen LogP contribution in [0.2, 0.25) is 5.02 Å². The fraction of sp³-hybridized carbons (Fsp3) is 0. The van der Waals surface area contributed by atoms with Crippen molar-refractivity contribution < 1.29 is 14.6 Å². The Morgan fingerprint density at radius 2 is 1.92 bits per heavy atom. The number of halogens is 1. The molecule has 118 valence electrons. The summed E-state index contributed by atoms with van der Waals surface area (Å²) in [4.78, 5) is 18.4. The Morgan fingerprint density at radius 1 is 1.12 bits per heavy atom. The van der Waals surface area contributed by atoms with E-state index in [0.29, 0.717) is 16.5 Å². The highest BCUT2D eigenvalue weighted by Gasteiger charge is 2.13. The summed E-state index contributed by atoms with van der Waals surface area (Å²) in [7, 11) is 0. The van der Waals surface area contributed by atoms with Crippen molar-refractivity contribution in [2.24, 2.45) is 0 Å². The summed E-state index contributed by atoms with van der Waals surface area (Å²) in [6, 6.07) is 14.2. The van der Waals surface area contributed by atoms with Crippen molar-refractivity contribution in [1.29, 1.82) is 0 Å². The predicted octanol–water partition coefficient (Wildman–Crippen LogP) is 4.86. The summed E-state index contributed by atoms with van der Waals surface area (Å²) in [5.41, 5.74) is 1.59. The van der Waals surface area contributed by atoms with E-state index < -0.39 is 5.97 Å². The number of H-pyrrole nitrogens is 1. The number of benzene rings is 2. The number of rotatable bonds is 3. The van der Waals surface area contributed by atoms with Gasteiger partial charge in [0.25, 0.3) is 0 Å². The Hall–Kier alpha value is -3.05. The van der Waals surface area contributed by atoms with Crippen LogP contribution in [0.3, 0.4) is 0 Å². The lowest BCUT2D eigenvalue weighted by atomic mass is 10.1. The molecule has 0 aliphatic carbocycles. The molecular weight excluding hydrogens is 328 g/mol. The van der Waals surface area contributed by atoms with Gasteiger partial charge in [0.05, 0.1) is 22.6 Å². The number of aromatic nitrogens is 2. The highest BCUT2D eigenvalue weighted by Crippen LogP contribution is 2.35. The first-order valence-electron chi connectivity index (χ1n) is 7.19. The Labute approximate surface area is 141 Å². The molecule has 0 spiro atoms. The molecule has 0 aliphatic rings. The van der Waals surface area contributed by atoms with Gasteiger partial charge in [0.15, 0.2) is 0 Å². The summed E-state index contributed by atoms with van der Waals surface area (Å²) in [6.45, 7) is 0. The number of carboxylic acid groups (broad SMARTS) is 1. The minimum Gasteiger partial charge on any atom is -0.477 e. The largest absolute Gasteiger partial charge is 0.477 e. The van der Waals surface area contributed by atoms with E-state index in [9.17, 15) is 4.79 Å². The van der Waals surface area contributed by atoms with Crippen LogP contribution in [0.15, 0.2) is 54.7 Å². The fourth-order valence-electron chi connectivity index (χ4n) is 2.65. The van der Waals surface area contributed by atoms with Crippen molar-refractivity contribution >= 4 is 39.4 Å². The number of carboxylic acids is 1. The van der Waals surface area contributed by atoms with E-state index in [2.05, 4.69) is 9.97 Å². The van der Waals surface area contributed by atoms with Crippen LogP contribution in [0.4, 0.5) is 0 Å². The van der Waals surface area contributed by atoms with E-state index in [1.807, 2.05) is 18.2 Å². The van der Waals surface area contributed by atoms with Gasteiger partial charge in [-0.15, -0.1) is 0 Å². The Bertz CT molecular complexity index is 1070. The molecule has 5 nitrogen and oxygen atoms in total. The lowest BCUT2D eigenvalue weighted by molar-refractivity contribution is 0.0690. The van der Waals surface area contributed by atoms with Gasteiger partial charge < -0.3 is 14.8 Å². The van der Waals surface area contributed by atoms with Crippen LogP contribution in [-0.4, -0.2) is 21.0 Å². The third-order valence-electron chi connectivity index (χ3n) is 3.73. The van der Waals surface area contributed by atoms with E-state index in [1.165, 1.54) is 6.20 Å². The zero-order valence-electron chi connectivity index (χ0n) is 12.3. The van der Waals surface area contributed by atoms with Crippen LogP contribution in [0.1, 0.15) is 10.5 Å². The number of hydrogen-bond acceptors (Lipinski definition) is 3. The van der Waals surface area contributed by atoms with Gasteiger partial charge >= 0.3 is 5.97 Å². The molecule has 24 heavy (non-hydrogen) atoms. The highest BCUT2D eigenvalue weighted by atomic mass is 35.5. The topological polar surface area (TPSA) is 75.2 Å². The summed E-state index contributed by atoms with van der Waals surface area (Å²) < 4.78 is 5.97. The van der Waals surface area contributed by atoms with Crippen LogP contribution < -0.4 is 4.74 Å². The van der Waals surface area contributed by atoms with Crippen LogP contribution in [0.5, 0.6) is 11.5 Å². The molecule has 0 atom stereocenters. The smallest absolute Gasteiger partial charge is 0.354 e. The predicted molar refractivity (Wildman–Crippen MR) is 92.1 cm³/mol. The Balaban J connectivity index is 1.91. The number of nitrogens with zero attached hydrogens (tertiary/aromatic N) is 1. The minimum absolute atomic E-state index is 0.00954. The van der Waals surface area contributed by atoms with Gasteiger partial charge in [0, 0.05) is 10.4 Å². The third-order valence-corrected chi connectivity index (χ3v) is 3.98. The highest BCUT2D eigenvalue weighted by molar-refractivity contribution is 6.30. The van der Waals surface area contributed by atoms with Crippen molar-refractivity contribution in [2.45, 2.75) is 0 Å². The SMILES string of the molecule is O=C(O)c1cc2c(cn1)[nH]c1cccc(Oc3ccc(Cl)cc3)c12. The average Bonchev–Trinajstić information content (AvgIpc) is 2.95. The van der Waals surface area contributed by atoms with E-state index in [-0.39, 0.29) is 5.69 Å². The first-order valence-corrected chi connectivity index (χ1v) is 7.57. The molecule has 0 bridgehead atoms. The van der Waals surface area contributed by atoms with Gasteiger partial charge in [0.2, 0.25) is 0 Å². The molecule has 0 saturated heterocycles. The molecule has 0 aliphatic heterocycles. The molecule has 0 radical (unpaired) electrons. The number of nitrogens with one attached hydrogen (secondary N) is 1. The van der Waals surface area contributed by atoms with Crippen LogP contribution in [0.25, 0.3) is 21.8 Å². The number of carbonyl (C=O) groups is 1. The summed E-state index contributed by atoms with van der Waals surface area (Å²) in [5, 5.41) is 11.4. The molecule has 0 saturated carbocycles. The van der Waals surface area contributed by atoms with E-state index in [1.54, 1.807) is 30.3 Å². The first-order chi connectivity index (χ1) is 11.6. The average molecular weight is 339 g/mol. The van der Waals surface area contributed by atoms with Gasteiger partial charge in [0.1, 0.15) is 17.2 Å². The maximum atomic E-state index is 11.2. The van der Waals surface area contributed by atoms with Gasteiger partial charge in [-0.05, 0) is 42.5 Å². The number of pyridine rings is 1. The Kier molecular flexibility index (Phi) is 3.36. The van der Waals surface area contributed by atoms with Gasteiger partial charge in [-0.25, -0.2) is 9.78 Å². The molecule has 2 aromatic heterocycles. The molecule has 0 fully saturated rings. The zero-order valence-corrected chi connectivity index (χ0v) is 13.0. The molecule has 6 heteroatoms. The Morgan fingerprint density at radius 3 is 2.67 bits per heavy atom. The maximum absolute atomic E-state index is 11.2.